The van der Waals surface area contributed by atoms with Gasteiger partial charge in [-0.25, -0.2) is 0 Å². The summed E-state index contributed by atoms with van der Waals surface area (Å²) >= 11 is 1.36. The largest absolute Gasteiger partial charge is 0.489 e. The second kappa shape index (κ2) is 7.30. The number of nitrogens with one attached hydrogen (secondary N) is 1. The van der Waals surface area contributed by atoms with Gasteiger partial charge in [0.05, 0.1) is 5.55 Å². The van der Waals surface area contributed by atoms with E-state index in [1.165, 1.54) is 11.9 Å². The van der Waals surface area contributed by atoms with E-state index in [1.54, 1.807) is 22.1 Å². The molecule has 5 nitrogen and oxygen atoms in total. The number of ether oxygens (including phenoxy) is 1. The number of hydrogen-bond acceptors (Lipinski definition) is 5. The van der Waals surface area contributed by atoms with Crippen LogP contribution in [0.25, 0.3) is 0 Å². The lowest BCUT2D eigenvalue weighted by molar-refractivity contribution is 0.0870. The third-order valence-electron chi connectivity index (χ3n) is 3.33. The van der Waals surface area contributed by atoms with Crippen molar-refractivity contribution in [3.05, 3.63) is 65.7 Å². The minimum absolute atomic E-state index is 0.0681. The number of aliphatic imine (C=N–C) groups is 1. The molecule has 0 bridgehead atoms. The van der Waals surface area contributed by atoms with Crippen LogP contribution in [0.15, 0.2) is 59.6 Å². The predicted octanol–water partition coefficient (Wildman–Crippen LogP) is 3.25. The van der Waals surface area contributed by atoms with Gasteiger partial charge >= 0.3 is 0 Å². The number of amides is 1. The predicted molar refractivity (Wildman–Crippen MR) is 92.1 cm³/mol. The number of carbonyl (C=O) groups is 1. The van der Waals surface area contributed by atoms with Crippen LogP contribution in [0, 0.1) is 0 Å². The van der Waals surface area contributed by atoms with Gasteiger partial charge in [-0.05, 0) is 42.6 Å². The molecule has 0 saturated carbocycles. The van der Waals surface area contributed by atoms with Crippen LogP contribution in [-0.2, 0) is 6.61 Å². The van der Waals surface area contributed by atoms with Gasteiger partial charge in [-0.3, -0.25) is 15.2 Å². The van der Waals surface area contributed by atoms with Gasteiger partial charge in [0.25, 0.3) is 5.91 Å². The van der Waals surface area contributed by atoms with Gasteiger partial charge in [0.15, 0.2) is 0 Å². The fourth-order valence-electron chi connectivity index (χ4n) is 2.07. The van der Waals surface area contributed by atoms with Gasteiger partial charge < -0.3 is 4.74 Å². The molecule has 1 N–H and O–H groups in total. The summed E-state index contributed by atoms with van der Waals surface area (Å²) in [5.74, 6) is 0.486. The molecule has 1 aliphatic rings. The zero-order valence-corrected chi connectivity index (χ0v) is 13.5. The van der Waals surface area contributed by atoms with Crippen molar-refractivity contribution >= 4 is 23.4 Å². The van der Waals surface area contributed by atoms with Gasteiger partial charge in [0, 0.05) is 5.56 Å². The first-order chi connectivity index (χ1) is 11.2. The van der Waals surface area contributed by atoms with Crippen molar-refractivity contribution in [2.75, 3.05) is 0 Å². The van der Waals surface area contributed by atoms with E-state index in [0.29, 0.717) is 17.9 Å². The van der Waals surface area contributed by atoms with Crippen LogP contribution in [0.5, 0.6) is 5.75 Å². The summed E-state index contributed by atoms with van der Waals surface area (Å²) in [7, 11) is 0. The van der Waals surface area contributed by atoms with E-state index in [9.17, 15) is 4.79 Å². The number of hydrazine groups is 1. The summed E-state index contributed by atoms with van der Waals surface area (Å²) in [6.45, 7) is 2.38. The summed E-state index contributed by atoms with van der Waals surface area (Å²) < 4.78 is 7.46. The molecular formula is C17H17N3O2S. The molecular weight excluding hydrogens is 310 g/mol. The molecule has 0 fully saturated rings. The molecule has 1 unspecified atom stereocenters. The lowest BCUT2D eigenvalue weighted by Crippen LogP contribution is -2.40. The third kappa shape index (κ3) is 4.12. The fourth-order valence-corrected chi connectivity index (χ4v) is 2.77. The molecule has 0 spiro atoms. The van der Waals surface area contributed by atoms with E-state index in [0.717, 1.165) is 5.56 Å². The molecule has 0 saturated heterocycles. The van der Waals surface area contributed by atoms with Crippen molar-refractivity contribution in [3.8, 4) is 5.75 Å². The Labute approximate surface area is 139 Å². The SMILES string of the molecule is CC1N=CSN1NC(=O)c1cccc(OCc2ccccc2)c1. The topological polar surface area (TPSA) is 53.9 Å². The van der Waals surface area contributed by atoms with E-state index in [2.05, 4.69) is 10.4 Å². The van der Waals surface area contributed by atoms with Crippen LogP contribution < -0.4 is 10.2 Å². The van der Waals surface area contributed by atoms with Crippen molar-refractivity contribution in [1.29, 1.82) is 0 Å². The average molecular weight is 327 g/mol. The Morgan fingerprint density at radius 3 is 2.83 bits per heavy atom. The first kappa shape index (κ1) is 15.6. The monoisotopic (exact) mass is 327 g/mol. The number of carbonyl (C=O) groups excluding carboxylic acids is 1. The Morgan fingerprint density at radius 1 is 1.26 bits per heavy atom. The van der Waals surface area contributed by atoms with Gasteiger partial charge in [0.1, 0.15) is 18.5 Å². The first-order valence-corrected chi connectivity index (χ1v) is 8.11. The molecule has 118 valence electrons. The molecule has 0 aromatic heterocycles. The van der Waals surface area contributed by atoms with E-state index >= 15 is 0 Å². The lowest BCUT2D eigenvalue weighted by Gasteiger charge is -2.18. The lowest BCUT2D eigenvalue weighted by atomic mass is 10.2. The Hall–Kier alpha value is -2.31. The van der Waals surface area contributed by atoms with Crippen molar-refractivity contribution in [3.63, 3.8) is 0 Å². The Bertz CT molecular complexity index is 706. The van der Waals surface area contributed by atoms with E-state index < -0.39 is 0 Å². The van der Waals surface area contributed by atoms with Crippen LogP contribution in [-0.4, -0.2) is 22.0 Å². The molecule has 1 aliphatic heterocycles. The maximum atomic E-state index is 12.3. The normalized spacial score (nSPS) is 17.2. The standard InChI is InChI=1S/C17H17N3O2S/c1-13-18-12-23-20(13)19-17(21)15-8-5-9-16(10-15)22-11-14-6-3-2-4-7-14/h2-10,12-13H,11H2,1H3,(H,19,21). The van der Waals surface area contributed by atoms with E-state index in [4.69, 9.17) is 4.74 Å². The zero-order valence-electron chi connectivity index (χ0n) is 12.7. The molecule has 6 heteroatoms. The van der Waals surface area contributed by atoms with Crippen LogP contribution in [0.3, 0.4) is 0 Å². The van der Waals surface area contributed by atoms with Crippen LogP contribution in [0.1, 0.15) is 22.8 Å². The fraction of sp³-hybridized carbons (Fsp3) is 0.176. The maximum absolute atomic E-state index is 12.3. The minimum atomic E-state index is -0.181. The Balaban J connectivity index is 1.61. The van der Waals surface area contributed by atoms with Crippen molar-refractivity contribution in [1.82, 2.24) is 9.84 Å². The third-order valence-corrected chi connectivity index (χ3v) is 4.17. The molecule has 2 aromatic carbocycles. The number of rotatable bonds is 5. The highest BCUT2D eigenvalue weighted by Crippen LogP contribution is 2.19. The summed E-state index contributed by atoms with van der Waals surface area (Å²) in [6, 6.07) is 17.1. The molecule has 0 aliphatic carbocycles. The molecule has 2 aromatic rings. The Kier molecular flexibility index (Phi) is 4.95. The summed E-state index contributed by atoms with van der Waals surface area (Å²) in [6.07, 6.45) is -0.0681. The first-order valence-electron chi connectivity index (χ1n) is 7.28. The van der Waals surface area contributed by atoms with Gasteiger partial charge in [-0.1, -0.05) is 36.4 Å². The second-order valence-electron chi connectivity index (χ2n) is 5.06. The highest BCUT2D eigenvalue weighted by Gasteiger charge is 2.20. The second-order valence-corrected chi connectivity index (χ2v) is 5.88. The number of hydrogen-bond donors (Lipinski definition) is 1. The molecule has 1 amide bonds. The quantitative estimate of drug-likeness (QED) is 0.857. The summed E-state index contributed by atoms with van der Waals surface area (Å²) in [5, 5.41) is 0. The smallest absolute Gasteiger partial charge is 0.266 e. The van der Waals surface area contributed by atoms with Crippen molar-refractivity contribution in [2.24, 2.45) is 4.99 Å². The zero-order chi connectivity index (χ0) is 16.1. The van der Waals surface area contributed by atoms with Gasteiger partial charge in [-0.2, -0.15) is 0 Å². The Morgan fingerprint density at radius 2 is 2.09 bits per heavy atom. The van der Waals surface area contributed by atoms with Crippen LogP contribution >= 0.6 is 11.9 Å². The molecule has 0 radical (unpaired) electrons. The number of nitrogens with zero attached hydrogens (tertiary/aromatic N) is 2. The molecule has 1 atom stereocenters. The minimum Gasteiger partial charge on any atom is -0.489 e. The highest BCUT2D eigenvalue weighted by atomic mass is 32.2. The molecule has 3 rings (SSSR count). The van der Waals surface area contributed by atoms with Gasteiger partial charge in [-0.15, -0.1) is 4.41 Å². The average Bonchev–Trinajstić information content (AvgIpc) is 2.99. The van der Waals surface area contributed by atoms with Crippen molar-refractivity contribution in [2.45, 2.75) is 19.7 Å². The maximum Gasteiger partial charge on any atom is 0.266 e. The van der Waals surface area contributed by atoms with E-state index in [1.807, 2.05) is 49.4 Å². The summed E-state index contributed by atoms with van der Waals surface area (Å²) in [5.41, 5.74) is 6.17. The molecule has 1 heterocycles. The van der Waals surface area contributed by atoms with Crippen LogP contribution in [0.2, 0.25) is 0 Å². The van der Waals surface area contributed by atoms with Crippen molar-refractivity contribution < 1.29 is 9.53 Å². The summed E-state index contributed by atoms with van der Waals surface area (Å²) in [4.78, 5) is 16.5. The van der Waals surface area contributed by atoms with Crippen LogP contribution in [0.4, 0.5) is 0 Å². The van der Waals surface area contributed by atoms with E-state index in [-0.39, 0.29) is 12.1 Å². The number of benzene rings is 2. The molecule has 23 heavy (non-hydrogen) atoms. The van der Waals surface area contributed by atoms with Gasteiger partial charge in [0.2, 0.25) is 0 Å². The highest BCUT2D eigenvalue weighted by molar-refractivity contribution is 8.10.